The van der Waals surface area contributed by atoms with Crippen molar-refractivity contribution in [3.8, 4) is 17.3 Å². The Kier molecular flexibility index (Phi) is 4.87. The van der Waals surface area contributed by atoms with Crippen molar-refractivity contribution in [3.63, 3.8) is 0 Å². The molecule has 8 aromatic rings. The molecular formula is C39H31N5O. The fourth-order valence-corrected chi connectivity index (χ4v) is 6.86. The van der Waals surface area contributed by atoms with Gasteiger partial charge in [-0.1, -0.05) is 48.5 Å². The van der Waals surface area contributed by atoms with Gasteiger partial charge in [0, 0.05) is 75.3 Å². The third-order valence-corrected chi connectivity index (χ3v) is 9.02. The number of aromatic nitrogens is 3. The van der Waals surface area contributed by atoms with Crippen LogP contribution in [0.2, 0.25) is 0 Å². The third-order valence-electron chi connectivity index (χ3n) is 9.02. The van der Waals surface area contributed by atoms with Crippen molar-refractivity contribution < 1.29 is 8.85 Å². The number of hydrogen-bond acceptors (Lipinski definition) is 4. The molecule has 9 rings (SSSR count). The first-order valence-corrected chi connectivity index (χ1v) is 15.1. The van der Waals surface area contributed by atoms with Crippen molar-refractivity contribution >= 4 is 60.7 Å². The van der Waals surface area contributed by atoms with Gasteiger partial charge in [-0.2, -0.15) is 0 Å². The predicted molar refractivity (Wildman–Crippen MR) is 186 cm³/mol. The monoisotopic (exact) mass is 588 g/mol. The molecule has 0 amide bonds. The SMILES string of the molecule is [2H]C([2H])([2H])N1CN(c2cccc(Oc3ccc4c5ccccc5n(-c5cc6c(cn5)c5ccc(C)cc5n6C)c4c3)c2)c2ccccc21. The highest BCUT2D eigenvalue weighted by Crippen LogP contribution is 2.41. The molecule has 0 N–H and O–H groups in total. The van der Waals surface area contributed by atoms with Crippen molar-refractivity contribution in [1.82, 2.24) is 14.1 Å². The van der Waals surface area contributed by atoms with E-state index in [1.165, 1.54) is 21.4 Å². The van der Waals surface area contributed by atoms with E-state index in [0.29, 0.717) is 17.2 Å². The molecule has 1 aliphatic heterocycles. The lowest BCUT2D eigenvalue weighted by atomic mass is 10.1. The van der Waals surface area contributed by atoms with Crippen molar-refractivity contribution in [1.29, 1.82) is 0 Å². The van der Waals surface area contributed by atoms with Gasteiger partial charge in [0.1, 0.15) is 17.3 Å². The van der Waals surface area contributed by atoms with Gasteiger partial charge in [-0.15, -0.1) is 0 Å². The zero-order chi connectivity index (χ0) is 32.7. The number of benzene rings is 5. The minimum Gasteiger partial charge on any atom is -0.457 e. The van der Waals surface area contributed by atoms with Gasteiger partial charge in [0.15, 0.2) is 0 Å². The van der Waals surface area contributed by atoms with E-state index in [9.17, 15) is 0 Å². The molecule has 4 heterocycles. The fourth-order valence-electron chi connectivity index (χ4n) is 6.86. The first kappa shape index (κ1) is 22.7. The standard InChI is InChI=1S/C39H31N5O/c1-25-15-17-31-32-23-40-39(22-37(32)42(3)36(31)19-25)44-33-12-5-4-11-29(33)30-18-16-28(21-38(30)44)45-27-10-8-9-26(20-27)43-24-41(2)34-13-6-7-14-35(34)43/h4-23H,24H2,1-3H3/i2D3. The average Bonchev–Trinajstić information content (AvgIpc) is 3.73. The van der Waals surface area contributed by atoms with Crippen LogP contribution in [-0.4, -0.2) is 27.8 Å². The fraction of sp³-hybridized carbons (Fsp3) is 0.103. The maximum atomic E-state index is 8.07. The number of ether oxygens (including phenoxy) is 1. The van der Waals surface area contributed by atoms with Gasteiger partial charge in [-0.25, -0.2) is 4.98 Å². The normalized spacial score (nSPS) is 14.3. The van der Waals surface area contributed by atoms with Gasteiger partial charge in [0.2, 0.25) is 0 Å². The highest BCUT2D eigenvalue weighted by atomic mass is 16.5. The number of para-hydroxylation sites is 3. The maximum absolute atomic E-state index is 8.07. The number of nitrogens with zero attached hydrogens (tertiary/aromatic N) is 5. The van der Waals surface area contributed by atoms with Gasteiger partial charge in [-0.05, 0) is 61.0 Å². The van der Waals surface area contributed by atoms with E-state index >= 15 is 0 Å². The van der Waals surface area contributed by atoms with Crippen LogP contribution in [0.15, 0.2) is 121 Å². The van der Waals surface area contributed by atoms with Crippen LogP contribution in [0.1, 0.15) is 9.68 Å². The van der Waals surface area contributed by atoms with Crippen LogP contribution in [0, 0.1) is 6.92 Å². The summed E-state index contributed by atoms with van der Waals surface area (Å²) in [6.07, 6.45) is 1.98. The van der Waals surface area contributed by atoms with Crippen LogP contribution in [0.5, 0.6) is 11.5 Å². The second-order valence-corrected chi connectivity index (χ2v) is 11.8. The topological polar surface area (TPSA) is 38.5 Å². The predicted octanol–water partition coefficient (Wildman–Crippen LogP) is 9.47. The summed E-state index contributed by atoms with van der Waals surface area (Å²) in [5.74, 6) is 2.18. The summed E-state index contributed by atoms with van der Waals surface area (Å²) in [6, 6.07) is 38.7. The molecule has 218 valence electrons. The minimum atomic E-state index is -2.25. The van der Waals surface area contributed by atoms with Gasteiger partial charge >= 0.3 is 0 Å². The number of rotatable bonds is 4. The number of anilines is 3. The molecule has 0 radical (unpaired) electrons. The summed E-state index contributed by atoms with van der Waals surface area (Å²) in [4.78, 5) is 8.46. The van der Waals surface area contributed by atoms with Gasteiger partial charge < -0.3 is 19.1 Å². The zero-order valence-corrected chi connectivity index (χ0v) is 24.9. The Morgan fingerprint density at radius 2 is 1.42 bits per heavy atom. The van der Waals surface area contributed by atoms with E-state index in [4.69, 9.17) is 13.8 Å². The lowest BCUT2D eigenvalue weighted by Crippen LogP contribution is -2.23. The Bertz CT molecular complexity index is 2570. The Hall–Kier alpha value is -5.75. The summed E-state index contributed by atoms with van der Waals surface area (Å²) in [5, 5.41) is 4.58. The van der Waals surface area contributed by atoms with Gasteiger partial charge in [0.25, 0.3) is 0 Å². The van der Waals surface area contributed by atoms with E-state index in [-0.39, 0.29) is 6.67 Å². The van der Waals surface area contributed by atoms with Crippen molar-refractivity contribution in [3.05, 3.63) is 127 Å². The summed E-state index contributed by atoms with van der Waals surface area (Å²) in [7, 11) is 2.11. The second kappa shape index (κ2) is 9.63. The van der Waals surface area contributed by atoms with Gasteiger partial charge in [-0.3, -0.25) is 4.57 Å². The van der Waals surface area contributed by atoms with Crippen molar-refractivity contribution in [2.75, 3.05) is 23.4 Å². The Morgan fingerprint density at radius 1 is 0.667 bits per heavy atom. The van der Waals surface area contributed by atoms with Crippen LogP contribution in [0.25, 0.3) is 49.4 Å². The molecule has 0 atom stereocenters. The first-order valence-electron chi connectivity index (χ1n) is 16.6. The van der Waals surface area contributed by atoms with E-state index in [1.807, 2.05) is 65.7 Å². The van der Waals surface area contributed by atoms with Crippen molar-refractivity contribution in [2.45, 2.75) is 6.92 Å². The molecule has 1 aliphatic rings. The molecule has 0 spiro atoms. The summed E-state index contributed by atoms with van der Waals surface area (Å²) < 4.78 is 35.2. The molecule has 5 aromatic carbocycles. The zero-order valence-electron chi connectivity index (χ0n) is 27.9. The first-order chi connectivity index (χ1) is 23.2. The second-order valence-electron chi connectivity index (χ2n) is 11.8. The molecule has 3 aromatic heterocycles. The summed E-state index contributed by atoms with van der Waals surface area (Å²) >= 11 is 0. The van der Waals surface area contributed by atoms with Crippen LogP contribution >= 0.6 is 0 Å². The highest BCUT2D eigenvalue weighted by molar-refractivity contribution is 6.11. The Morgan fingerprint density at radius 3 is 2.33 bits per heavy atom. The lowest BCUT2D eigenvalue weighted by Gasteiger charge is -2.20. The van der Waals surface area contributed by atoms with E-state index in [1.54, 1.807) is 0 Å². The molecule has 0 aliphatic carbocycles. The molecule has 0 saturated heterocycles. The van der Waals surface area contributed by atoms with E-state index in [2.05, 4.69) is 83.8 Å². The van der Waals surface area contributed by atoms with E-state index < -0.39 is 6.98 Å². The molecule has 0 saturated carbocycles. The quantitative estimate of drug-likeness (QED) is 0.205. The molecule has 6 heteroatoms. The largest absolute Gasteiger partial charge is 0.457 e. The Balaban J connectivity index is 1.13. The lowest BCUT2D eigenvalue weighted by molar-refractivity contribution is 0.483. The number of pyridine rings is 1. The average molecular weight is 589 g/mol. The maximum Gasteiger partial charge on any atom is 0.139 e. The number of hydrogen-bond donors (Lipinski definition) is 0. The molecule has 6 nitrogen and oxygen atoms in total. The molecule has 45 heavy (non-hydrogen) atoms. The third kappa shape index (κ3) is 3.92. The molecule has 0 unspecified atom stereocenters. The van der Waals surface area contributed by atoms with Crippen LogP contribution in [0.3, 0.4) is 0 Å². The summed E-state index contributed by atoms with van der Waals surface area (Å²) in [5.41, 5.74) is 7.99. The van der Waals surface area contributed by atoms with Crippen LogP contribution in [-0.2, 0) is 7.05 Å². The van der Waals surface area contributed by atoms with Crippen LogP contribution < -0.4 is 14.5 Å². The molecule has 0 fully saturated rings. The number of aryl methyl sites for hydroxylation is 2. The smallest absolute Gasteiger partial charge is 0.139 e. The highest BCUT2D eigenvalue weighted by Gasteiger charge is 2.24. The number of fused-ring (bicyclic) bond motifs is 7. The Labute approximate surface area is 265 Å². The summed E-state index contributed by atoms with van der Waals surface area (Å²) in [6.45, 7) is 0.0894. The van der Waals surface area contributed by atoms with E-state index in [0.717, 1.165) is 49.9 Å². The van der Waals surface area contributed by atoms with Gasteiger partial charge in [0.05, 0.1) is 34.6 Å². The van der Waals surface area contributed by atoms with Crippen molar-refractivity contribution in [2.24, 2.45) is 7.05 Å². The molecular weight excluding hydrogens is 554 g/mol. The molecule has 0 bridgehead atoms. The van der Waals surface area contributed by atoms with Crippen LogP contribution in [0.4, 0.5) is 17.1 Å². The minimum absolute atomic E-state index is 0.221.